The number of benzene rings is 1. The second kappa shape index (κ2) is 6.83. The second-order valence-corrected chi connectivity index (χ2v) is 5.25. The Bertz CT molecular complexity index is 476. The number of anilines is 1. The number of carbonyl (C=O) groups excluding carboxylic acids is 1. The number of aryl methyl sites for hydroxylation is 2. The van der Waals surface area contributed by atoms with Crippen LogP contribution in [0.4, 0.5) is 5.69 Å². The van der Waals surface area contributed by atoms with Gasteiger partial charge in [0.25, 0.3) is 0 Å². The van der Waals surface area contributed by atoms with E-state index in [1.54, 1.807) is 0 Å². The van der Waals surface area contributed by atoms with E-state index < -0.39 is 0 Å². The number of hydrogen-bond acceptors (Lipinski definition) is 4. The van der Waals surface area contributed by atoms with Gasteiger partial charge in [0, 0.05) is 12.2 Å². The van der Waals surface area contributed by atoms with Gasteiger partial charge in [-0.25, -0.2) is 0 Å². The largest absolute Gasteiger partial charge is 0.395 e. The molecule has 1 amide bonds. The van der Waals surface area contributed by atoms with Crippen LogP contribution in [0.3, 0.4) is 0 Å². The number of aliphatic hydroxyl groups is 1. The number of rotatable bonds is 4. The van der Waals surface area contributed by atoms with E-state index in [0.29, 0.717) is 19.8 Å². The molecule has 1 aromatic rings. The summed E-state index contributed by atoms with van der Waals surface area (Å²) < 4.78 is 5.30. The third-order valence-electron chi connectivity index (χ3n) is 3.57. The molecule has 1 unspecified atom stereocenters. The lowest BCUT2D eigenvalue weighted by Crippen LogP contribution is -2.50. The van der Waals surface area contributed by atoms with E-state index >= 15 is 0 Å². The van der Waals surface area contributed by atoms with Crippen molar-refractivity contribution in [3.05, 3.63) is 29.3 Å². The highest BCUT2D eigenvalue weighted by Gasteiger charge is 2.24. The molecular formula is C15H22N2O3. The summed E-state index contributed by atoms with van der Waals surface area (Å²) in [6, 6.07) is 5.90. The molecule has 0 saturated carbocycles. The van der Waals surface area contributed by atoms with Gasteiger partial charge in [0.15, 0.2) is 0 Å². The lowest BCUT2D eigenvalue weighted by atomic mass is 10.1. The van der Waals surface area contributed by atoms with Crippen molar-refractivity contribution in [1.82, 2.24) is 4.90 Å². The summed E-state index contributed by atoms with van der Waals surface area (Å²) in [6.45, 7) is 6.02. The average Bonchev–Trinajstić information content (AvgIpc) is 2.43. The summed E-state index contributed by atoms with van der Waals surface area (Å²) in [5, 5.41) is 12.2. The van der Waals surface area contributed by atoms with Crippen molar-refractivity contribution in [2.45, 2.75) is 19.9 Å². The first-order chi connectivity index (χ1) is 9.60. The highest BCUT2D eigenvalue weighted by Crippen LogP contribution is 2.16. The van der Waals surface area contributed by atoms with E-state index in [9.17, 15) is 9.90 Å². The zero-order chi connectivity index (χ0) is 14.5. The molecule has 2 N–H and O–H groups in total. The van der Waals surface area contributed by atoms with Crippen LogP contribution in [0.2, 0.25) is 0 Å². The SMILES string of the molecule is Cc1ccc(C)c(NC(=O)CN2CCOCC2CO)c1. The van der Waals surface area contributed by atoms with Crippen LogP contribution in [0.25, 0.3) is 0 Å². The molecule has 1 saturated heterocycles. The number of carbonyl (C=O) groups is 1. The van der Waals surface area contributed by atoms with Crippen LogP contribution in [-0.2, 0) is 9.53 Å². The maximum atomic E-state index is 12.1. The monoisotopic (exact) mass is 278 g/mol. The maximum Gasteiger partial charge on any atom is 0.238 e. The third-order valence-corrected chi connectivity index (χ3v) is 3.57. The van der Waals surface area contributed by atoms with Crippen molar-refractivity contribution in [3.8, 4) is 0 Å². The van der Waals surface area contributed by atoms with E-state index in [4.69, 9.17) is 4.74 Å². The standard InChI is InChI=1S/C15H22N2O3/c1-11-3-4-12(2)14(7-11)16-15(19)8-17-5-6-20-10-13(17)9-18/h3-4,7,13,18H,5-6,8-10H2,1-2H3,(H,16,19). The lowest BCUT2D eigenvalue weighted by Gasteiger charge is -2.33. The molecule has 20 heavy (non-hydrogen) atoms. The molecule has 0 aromatic heterocycles. The highest BCUT2D eigenvalue weighted by molar-refractivity contribution is 5.93. The van der Waals surface area contributed by atoms with E-state index in [1.165, 1.54) is 0 Å². The Labute approximate surface area is 119 Å². The number of nitrogens with one attached hydrogen (secondary N) is 1. The number of aliphatic hydroxyl groups excluding tert-OH is 1. The van der Waals surface area contributed by atoms with Crippen LogP contribution >= 0.6 is 0 Å². The number of ether oxygens (including phenoxy) is 1. The van der Waals surface area contributed by atoms with Gasteiger partial charge in [0.2, 0.25) is 5.91 Å². The van der Waals surface area contributed by atoms with Crippen LogP contribution < -0.4 is 5.32 Å². The first-order valence-electron chi connectivity index (χ1n) is 6.90. The smallest absolute Gasteiger partial charge is 0.238 e. The van der Waals surface area contributed by atoms with E-state index in [-0.39, 0.29) is 25.1 Å². The Morgan fingerprint density at radius 3 is 3.05 bits per heavy atom. The fraction of sp³-hybridized carbons (Fsp3) is 0.533. The summed E-state index contributed by atoms with van der Waals surface area (Å²) in [6.07, 6.45) is 0. The van der Waals surface area contributed by atoms with Gasteiger partial charge in [-0.1, -0.05) is 12.1 Å². The first kappa shape index (κ1) is 15.0. The minimum atomic E-state index is -0.0897. The minimum Gasteiger partial charge on any atom is -0.395 e. The van der Waals surface area contributed by atoms with Crippen molar-refractivity contribution in [1.29, 1.82) is 0 Å². The molecular weight excluding hydrogens is 256 g/mol. The summed E-state index contributed by atoms with van der Waals surface area (Å²) in [4.78, 5) is 14.1. The third kappa shape index (κ3) is 3.79. The van der Waals surface area contributed by atoms with Crippen molar-refractivity contribution in [2.24, 2.45) is 0 Å². The topological polar surface area (TPSA) is 61.8 Å². The molecule has 1 heterocycles. The van der Waals surface area contributed by atoms with E-state index in [0.717, 1.165) is 16.8 Å². The van der Waals surface area contributed by atoms with E-state index in [2.05, 4.69) is 5.32 Å². The van der Waals surface area contributed by atoms with Crippen molar-refractivity contribution in [2.75, 3.05) is 38.2 Å². The van der Waals surface area contributed by atoms with Crippen LogP contribution in [0, 0.1) is 13.8 Å². The van der Waals surface area contributed by atoms with Crippen molar-refractivity contribution in [3.63, 3.8) is 0 Å². The molecule has 0 radical (unpaired) electrons. The first-order valence-corrected chi connectivity index (χ1v) is 6.90. The summed E-state index contributed by atoms with van der Waals surface area (Å²) in [5.41, 5.74) is 3.01. The normalized spacial score (nSPS) is 19.9. The Morgan fingerprint density at radius 1 is 1.50 bits per heavy atom. The van der Waals surface area contributed by atoms with Gasteiger partial charge < -0.3 is 15.2 Å². The molecule has 0 bridgehead atoms. The van der Waals surface area contributed by atoms with Crippen LogP contribution in [0.5, 0.6) is 0 Å². The quantitative estimate of drug-likeness (QED) is 0.860. The Kier molecular flexibility index (Phi) is 5.11. The van der Waals surface area contributed by atoms with Gasteiger partial charge >= 0.3 is 0 Å². The van der Waals surface area contributed by atoms with Gasteiger partial charge in [-0.3, -0.25) is 9.69 Å². The van der Waals surface area contributed by atoms with Gasteiger partial charge in [-0.2, -0.15) is 0 Å². The molecule has 2 rings (SSSR count). The van der Waals surface area contributed by atoms with Crippen molar-refractivity contribution >= 4 is 11.6 Å². The molecule has 5 nitrogen and oxygen atoms in total. The molecule has 0 aliphatic carbocycles. The van der Waals surface area contributed by atoms with Crippen LogP contribution in [-0.4, -0.2) is 54.9 Å². The van der Waals surface area contributed by atoms with Crippen LogP contribution in [0.1, 0.15) is 11.1 Å². The molecule has 1 atom stereocenters. The molecule has 1 fully saturated rings. The minimum absolute atomic E-state index is 0.0107. The molecule has 1 aliphatic rings. The zero-order valence-electron chi connectivity index (χ0n) is 12.1. The van der Waals surface area contributed by atoms with Gasteiger partial charge in [-0.05, 0) is 31.0 Å². The molecule has 110 valence electrons. The average molecular weight is 278 g/mol. The van der Waals surface area contributed by atoms with Gasteiger partial charge in [-0.15, -0.1) is 0 Å². The molecule has 1 aliphatic heterocycles. The summed E-state index contributed by atoms with van der Waals surface area (Å²) >= 11 is 0. The number of nitrogens with zero attached hydrogens (tertiary/aromatic N) is 1. The lowest BCUT2D eigenvalue weighted by molar-refractivity contribution is -0.120. The Balaban J connectivity index is 1.96. The fourth-order valence-corrected chi connectivity index (χ4v) is 2.31. The Hall–Kier alpha value is -1.43. The van der Waals surface area contributed by atoms with Crippen LogP contribution in [0.15, 0.2) is 18.2 Å². The molecule has 5 heteroatoms. The predicted molar refractivity (Wildman–Crippen MR) is 77.8 cm³/mol. The highest BCUT2D eigenvalue weighted by atomic mass is 16.5. The number of hydrogen-bond donors (Lipinski definition) is 2. The van der Waals surface area contributed by atoms with E-state index in [1.807, 2.05) is 36.9 Å². The van der Waals surface area contributed by atoms with Gasteiger partial charge in [0.1, 0.15) is 0 Å². The number of morpholine rings is 1. The van der Waals surface area contributed by atoms with Crippen molar-refractivity contribution < 1.29 is 14.6 Å². The second-order valence-electron chi connectivity index (χ2n) is 5.25. The number of amides is 1. The molecule has 0 spiro atoms. The maximum absolute atomic E-state index is 12.1. The van der Waals surface area contributed by atoms with Gasteiger partial charge in [0.05, 0.1) is 32.4 Å². The fourth-order valence-electron chi connectivity index (χ4n) is 2.31. The Morgan fingerprint density at radius 2 is 2.30 bits per heavy atom. The molecule has 1 aromatic carbocycles. The summed E-state index contributed by atoms with van der Waals surface area (Å²) in [5.74, 6) is -0.0564. The summed E-state index contributed by atoms with van der Waals surface area (Å²) in [7, 11) is 0. The predicted octanol–water partition coefficient (Wildman–Crippen LogP) is 0.935. The zero-order valence-corrected chi connectivity index (χ0v) is 12.1.